The Balaban J connectivity index is 2.44. The lowest BCUT2D eigenvalue weighted by molar-refractivity contribution is -0.125. The molecule has 0 aliphatic heterocycles. The minimum atomic E-state index is -4.38. The average Bonchev–Trinajstić information content (AvgIpc) is 2.45. The highest BCUT2D eigenvalue weighted by atomic mass is 32.2. The number of nitrogens with two attached hydrogens (primary N) is 1. The van der Waals surface area contributed by atoms with Crippen molar-refractivity contribution < 1.29 is 21.6 Å². The van der Waals surface area contributed by atoms with Gasteiger partial charge in [0.2, 0.25) is 10.0 Å². The minimum absolute atomic E-state index is 0.166. The molecule has 4 nitrogen and oxygen atoms in total. The molecular weight excluding hydrogens is 329 g/mol. The maximum atomic E-state index is 12.2. The first kappa shape index (κ1) is 17.5. The highest BCUT2D eigenvalue weighted by molar-refractivity contribution is 7.89. The average molecular weight is 344 g/mol. The summed E-state index contributed by atoms with van der Waals surface area (Å²) < 4.78 is 60.6. The molecule has 0 fully saturated rings. The molecule has 0 spiro atoms. The van der Waals surface area contributed by atoms with Gasteiger partial charge >= 0.3 is 6.18 Å². The van der Waals surface area contributed by atoms with Crippen molar-refractivity contribution in [1.29, 1.82) is 0 Å². The van der Waals surface area contributed by atoms with E-state index in [0.29, 0.717) is 11.1 Å². The molecule has 2 aromatic carbocycles. The van der Waals surface area contributed by atoms with Gasteiger partial charge in [-0.15, -0.1) is 0 Å². The first-order valence-electron chi connectivity index (χ1n) is 6.66. The Morgan fingerprint density at radius 3 is 2.22 bits per heavy atom. The van der Waals surface area contributed by atoms with Crippen LogP contribution in [-0.2, 0) is 16.6 Å². The zero-order valence-corrected chi connectivity index (χ0v) is 12.8. The summed E-state index contributed by atoms with van der Waals surface area (Å²) in [6.07, 6.45) is -4.38. The van der Waals surface area contributed by atoms with Crippen molar-refractivity contribution >= 4 is 10.0 Å². The lowest BCUT2D eigenvalue weighted by Crippen LogP contribution is -2.29. The van der Waals surface area contributed by atoms with Crippen LogP contribution in [0.25, 0.3) is 11.1 Å². The van der Waals surface area contributed by atoms with Gasteiger partial charge in [0.25, 0.3) is 0 Å². The molecule has 2 rings (SSSR count). The summed E-state index contributed by atoms with van der Waals surface area (Å²) in [7, 11) is -4.10. The van der Waals surface area contributed by atoms with Crippen LogP contribution in [0.4, 0.5) is 13.2 Å². The van der Waals surface area contributed by atoms with Crippen molar-refractivity contribution in [2.45, 2.75) is 17.6 Å². The molecule has 8 heteroatoms. The van der Waals surface area contributed by atoms with E-state index in [1.165, 1.54) is 6.07 Å². The quantitative estimate of drug-likeness (QED) is 0.876. The maximum absolute atomic E-state index is 12.2. The molecule has 0 aliphatic rings. The van der Waals surface area contributed by atoms with Crippen molar-refractivity contribution in [3.8, 4) is 11.1 Å². The molecule has 0 saturated carbocycles. The fourth-order valence-electron chi connectivity index (χ4n) is 2.24. The molecular formula is C15H15F3N2O2S. The lowest BCUT2D eigenvalue weighted by Gasteiger charge is -2.14. The number of nitrogens with one attached hydrogen (secondary N) is 1. The summed E-state index contributed by atoms with van der Waals surface area (Å²) in [5.74, 6) is 0. The Labute approximate surface area is 132 Å². The van der Waals surface area contributed by atoms with E-state index < -0.39 is 22.7 Å². The van der Waals surface area contributed by atoms with Gasteiger partial charge in [-0.05, 0) is 11.1 Å². The van der Waals surface area contributed by atoms with Crippen LogP contribution < -0.4 is 10.5 Å². The van der Waals surface area contributed by atoms with Gasteiger partial charge in [0, 0.05) is 12.1 Å². The van der Waals surface area contributed by atoms with Crippen molar-refractivity contribution in [3.05, 3.63) is 54.1 Å². The molecule has 0 bridgehead atoms. The van der Waals surface area contributed by atoms with Crippen molar-refractivity contribution in [1.82, 2.24) is 5.32 Å². The minimum Gasteiger partial charge on any atom is -0.305 e. The van der Waals surface area contributed by atoms with Crippen molar-refractivity contribution in [2.24, 2.45) is 5.14 Å². The third-order valence-electron chi connectivity index (χ3n) is 3.11. The van der Waals surface area contributed by atoms with Gasteiger partial charge < -0.3 is 5.32 Å². The number of hydrogen-bond acceptors (Lipinski definition) is 3. The topological polar surface area (TPSA) is 72.2 Å². The Hall–Kier alpha value is -1.90. The van der Waals surface area contributed by atoms with Crippen LogP contribution in [0, 0.1) is 0 Å². The van der Waals surface area contributed by atoms with Gasteiger partial charge in [-0.25, -0.2) is 13.6 Å². The van der Waals surface area contributed by atoms with Crippen LogP contribution in [0.5, 0.6) is 0 Å². The second-order valence-corrected chi connectivity index (χ2v) is 6.42. The number of alkyl halides is 3. The number of halogens is 3. The predicted molar refractivity (Wildman–Crippen MR) is 81.0 cm³/mol. The first-order valence-corrected chi connectivity index (χ1v) is 8.21. The third-order valence-corrected chi connectivity index (χ3v) is 4.16. The van der Waals surface area contributed by atoms with E-state index in [1.54, 1.807) is 42.5 Å². The molecule has 23 heavy (non-hydrogen) atoms. The highest BCUT2D eigenvalue weighted by Crippen LogP contribution is 2.29. The molecule has 0 atom stereocenters. The van der Waals surface area contributed by atoms with Gasteiger partial charge in [0.1, 0.15) is 0 Å². The van der Waals surface area contributed by atoms with Crippen LogP contribution >= 0.6 is 0 Å². The predicted octanol–water partition coefficient (Wildman–Crippen LogP) is 2.65. The Morgan fingerprint density at radius 2 is 1.65 bits per heavy atom. The molecule has 3 N–H and O–H groups in total. The van der Waals surface area contributed by atoms with Crippen molar-refractivity contribution in [3.63, 3.8) is 0 Å². The van der Waals surface area contributed by atoms with E-state index in [-0.39, 0.29) is 17.0 Å². The number of sulfonamides is 1. The summed E-state index contributed by atoms with van der Waals surface area (Å²) in [6, 6.07) is 13.2. The van der Waals surface area contributed by atoms with Gasteiger partial charge in [0.15, 0.2) is 0 Å². The molecule has 0 aromatic heterocycles. The molecule has 2 aromatic rings. The van der Waals surface area contributed by atoms with Crippen LogP contribution in [0.1, 0.15) is 5.56 Å². The van der Waals surface area contributed by atoms with E-state index in [0.717, 1.165) is 0 Å². The van der Waals surface area contributed by atoms with E-state index in [2.05, 4.69) is 5.32 Å². The molecule has 0 saturated heterocycles. The van der Waals surface area contributed by atoms with Crippen LogP contribution in [-0.4, -0.2) is 21.1 Å². The summed E-state index contributed by atoms with van der Waals surface area (Å²) in [5.41, 5.74) is 1.17. The van der Waals surface area contributed by atoms with E-state index in [4.69, 9.17) is 5.14 Å². The van der Waals surface area contributed by atoms with Gasteiger partial charge in [-0.1, -0.05) is 48.5 Å². The summed E-state index contributed by atoms with van der Waals surface area (Å²) >= 11 is 0. The molecule has 0 aliphatic carbocycles. The van der Waals surface area contributed by atoms with Crippen molar-refractivity contribution in [2.75, 3.05) is 6.54 Å². The normalized spacial score (nSPS) is 12.3. The lowest BCUT2D eigenvalue weighted by atomic mass is 10.0. The summed E-state index contributed by atoms with van der Waals surface area (Å²) in [4.78, 5) is -0.166. The zero-order valence-electron chi connectivity index (χ0n) is 12.0. The van der Waals surface area contributed by atoms with E-state index >= 15 is 0 Å². The number of primary sulfonamides is 1. The van der Waals surface area contributed by atoms with Gasteiger partial charge in [-0.3, -0.25) is 0 Å². The maximum Gasteiger partial charge on any atom is 0.401 e. The Kier molecular flexibility index (Phi) is 5.08. The number of benzene rings is 2. The van der Waals surface area contributed by atoms with Crippen LogP contribution in [0.15, 0.2) is 53.4 Å². The monoisotopic (exact) mass is 344 g/mol. The third kappa shape index (κ3) is 4.78. The molecule has 0 amide bonds. The smallest absolute Gasteiger partial charge is 0.305 e. The van der Waals surface area contributed by atoms with Gasteiger partial charge in [-0.2, -0.15) is 13.2 Å². The second-order valence-electron chi connectivity index (χ2n) is 4.92. The van der Waals surface area contributed by atoms with Crippen LogP contribution in [0.2, 0.25) is 0 Å². The Morgan fingerprint density at radius 1 is 1.00 bits per heavy atom. The summed E-state index contributed by atoms with van der Waals surface area (Å²) in [6.45, 7) is -1.47. The largest absolute Gasteiger partial charge is 0.401 e. The standard InChI is InChI=1S/C15H15F3N2O2S/c16-15(17,18)10-20-9-12-7-4-8-13(14(12)23(19,21)22)11-5-2-1-3-6-11/h1-8,20H,9-10H2,(H2,19,21,22). The molecule has 124 valence electrons. The number of hydrogen-bond donors (Lipinski definition) is 2. The fraction of sp³-hybridized carbons (Fsp3) is 0.200. The zero-order chi connectivity index (χ0) is 17.1. The Bertz CT molecular complexity index is 775. The SMILES string of the molecule is NS(=O)(=O)c1c(CNCC(F)(F)F)cccc1-c1ccccc1. The summed E-state index contributed by atoms with van der Waals surface area (Å²) in [5, 5.41) is 7.46. The molecule has 0 unspecified atom stereocenters. The van der Waals surface area contributed by atoms with E-state index in [9.17, 15) is 21.6 Å². The first-order chi connectivity index (χ1) is 10.7. The molecule has 0 radical (unpaired) electrons. The number of rotatable bonds is 5. The van der Waals surface area contributed by atoms with E-state index in [1.807, 2.05) is 0 Å². The highest BCUT2D eigenvalue weighted by Gasteiger charge is 2.27. The second kappa shape index (κ2) is 6.69. The van der Waals surface area contributed by atoms with Crippen LogP contribution in [0.3, 0.4) is 0 Å². The molecule has 0 heterocycles. The van der Waals surface area contributed by atoms with Gasteiger partial charge in [0.05, 0.1) is 11.4 Å². The fourth-order valence-corrected chi connectivity index (χ4v) is 3.24.